The number of likely N-dealkylation sites (tertiary alicyclic amines) is 1. The van der Waals surface area contributed by atoms with E-state index in [1.165, 1.54) is 18.2 Å². The second-order valence-electron chi connectivity index (χ2n) is 6.56. The third kappa shape index (κ3) is 5.29. The molecule has 27 heavy (non-hydrogen) atoms. The van der Waals surface area contributed by atoms with Gasteiger partial charge in [-0.3, -0.25) is 4.79 Å². The summed E-state index contributed by atoms with van der Waals surface area (Å²) in [6.45, 7) is 0.210. The van der Waals surface area contributed by atoms with Crippen LogP contribution in [0.2, 0.25) is 0 Å². The molecule has 1 aromatic carbocycles. The lowest BCUT2D eigenvalue weighted by molar-refractivity contribution is -0.141. The number of halogens is 2. The fourth-order valence-electron chi connectivity index (χ4n) is 3.36. The molecule has 1 atom stereocenters. The molecule has 1 N–H and O–H groups in total. The normalized spacial score (nSPS) is 20.5. The maximum Gasteiger partial charge on any atom is 0.387 e. The Kier molecular flexibility index (Phi) is 6.44. The molecule has 2 aliphatic heterocycles. The minimum Gasteiger partial charge on any atom is -0.435 e. The lowest BCUT2D eigenvalue weighted by Crippen LogP contribution is -2.50. The van der Waals surface area contributed by atoms with Gasteiger partial charge in [-0.15, -0.1) is 0 Å². The van der Waals surface area contributed by atoms with Crippen molar-refractivity contribution in [2.24, 2.45) is 5.92 Å². The van der Waals surface area contributed by atoms with E-state index in [0.717, 1.165) is 12.8 Å². The molecule has 0 bridgehead atoms. The lowest BCUT2D eigenvalue weighted by Gasteiger charge is -2.36. The van der Waals surface area contributed by atoms with Crippen molar-refractivity contribution in [2.75, 3.05) is 44.7 Å². The van der Waals surface area contributed by atoms with E-state index in [4.69, 9.17) is 4.74 Å². The number of carbonyl (C=O) groups excluding carboxylic acids is 2. The second kappa shape index (κ2) is 8.98. The van der Waals surface area contributed by atoms with E-state index in [9.17, 15) is 18.4 Å². The Morgan fingerprint density at radius 2 is 1.96 bits per heavy atom. The highest BCUT2D eigenvalue weighted by Crippen LogP contribution is 2.22. The van der Waals surface area contributed by atoms with Crippen LogP contribution in [0.3, 0.4) is 0 Å². The van der Waals surface area contributed by atoms with Gasteiger partial charge < -0.3 is 24.6 Å². The molecule has 148 valence electrons. The molecule has 0 aromatic heterocycles. The topological polar surface area (TPSA) is 71.1 Å². The molecule has 0 saturated carbocycles. The third-order valence-electron chi connectivity index (χ3n) is 4.69. The van der Waals surface area contributed by atoms with Crippen LogP contribution in [0, 0.1) is 5.92 Å². The number of benzene rings is 1. The zero-order valence-electron chi connectivity index (χ0n) is 14.9. The number of hydrogen-bond donors (Lipinski definition) is 1. The average molecular weight is 383 g/mol. The summed E-state index contributed by atoms with van der Waals surface area (Å²) in [4.78, 5) is 28.6. The van der Waals surface area contributed by atoms with E-state index in [1.807, 2.05) is 0 Å². The van der Waals surface area contributed by atoms with Gasteiger partial charge >= 0.3 is 12.6 Å². The number of amides is 3. The van der Waals surface area contributed by atoms with Gasteiger partial charge in [0, 0.05) is 37.9 Å². The molecule has 2 heterocycles. The van der Waals surface area contributed by atoms with Crippen molar-refractivity contribution in [3.05, 3.63) is 24.3 Å². The molecule has 0 radical (unpaired) electrons. The van der Waals surface area contributed by atoms with Gasteiger partial charge in [0.25, 0.3) is 0 Å². The van der Waals surface area contributed by atoms with Crippen molar-refractivity contribution in [2.45, 2.75) is 19.5 Å². The standard InChI is InChI=1S/C18H23F2N3O4/c19-17(20)27-15-5-1-4-14(11-15)21-18(25)23-6-2-3-13(12-23)16(24)22-7-9-26-10-8-22/h1,4-5,11,13,17H,2-3,6-10,12H2,(H,21,25)/t13-/m1/s1. The SMILES string of the molecule is O=C(Nc1cccc(OC(F)F)c1)N1CCC[C@@H](C(=O)N2CCOCC2)C1. The highest BCUT2D eigenvalue weighted by atomic mass is 19.3. The van der Waals surface area contributed by atoms with Crippen molar-refractivity contribution in [3.63, 3.8) is 0 Å². The zero-order chi connectivity index (χ0) is 19.2. The number of hydrogen-bond acceptors (Lipinski definition) is 4. The number of urea groups is 1. The minimum absolute atomic E-state index is 0.0261. The first-order valence-electron chi connectivity index (χ1n) is 9.00. The van der Waals surface area contributed by atoms with Gasteiger partial charge in [0.05, 0.1) is 19.1 Å². The number of alkyl halides is 2. The Balaban J connectivity index is 1.57. The largest absolute Gasteiger partial charge is 0.435 e. The first-order chi connectivity index (χ1) is 13.0. The maximum absolute atomic E-state index is 12.7. The van der Waals surface area contributed by atoms with E-state index in [2.05, 4.69) is 10.1 Å². The molecule has 2 fully saturated rings. The number of rotatable bonds is 4. The predicted octanol–water partition coefficient (Wildman–Crippen LogP) is 2.39. The minimum atomic E-state index is -2.93. The number of nitrogens with zero attached hydrogens (tertiary/aromatic N) is 2. The molecular weight excluding hydrogens is 360 g/mol. The molecular formula is C18H23F2N3O4. The van der Waals surface area contributed by atoms with Crippen LogP contribution in [-0.2, 0) is 9.53 Å². The van der Waals surface area contributed by atoms with Crippen molar-refractivity contribution in [1.29, 1.82) is 0 Å². The number of nitrogens with one attached hydrogen (secondary N) is 1. The predicted molar refractivity (Wildman–Crippen MR) is 93.8 cm³/mol. The highest BCUT2D eigenvalue weighted by molar-refractivity contribution is 5.90. The number of piperidine rings is 1. The molecule has 0 spiro atoms. The smallest absolute Gasteiger partial charge is 0.387 e. The van der Waals surface area contributed by atoms with Crippen LogP contribution in [0.15, 0.2) is 24.3 Å². The van der Waals surface area contributed by atoms with Gasteiger partial charge in [-0.05, 0) is 25.0 Å². The maximum atomic E-state index is 12.7. The monoisotopic (exact) mass is 383 g/mol. The summed E-state index contributed by atoms with van der Waals surface area (Å²) in [5, 5.41) is 2.68. The zero-order valence-corrected chi connectivity index (χ0v) is 14.9. The molecule has 3 rings (SSSR count). The van der Waals surface area contributed by atoms with Crippen molar-refractivity contribution in [1.82, 2.24) is 9.80 Å². The van der Waals surface area contributed by atoms with Crippen molar-refractivity contribution < 1.29 is 27.8 Å². The van der Waals surface area contributed by atoms with E-state index in [1.54, 1.807) is 15.9 Å². The molecule has 2 aliphatic rings. The fraction of sp³-hybridized carbons (Fsp3) is 0.556. The summed E-state index contributed by atoms with van der Waals surface area (Å²) < 4.78 is 34.2. The van der Waals surface area contributed by atoms with Gasteiger partial charge in [-0.25, -0.2) is 4.79 Å². The summed E-state index contributed by atoms with van der Waals surface area (Å²) in [7, 11) is 0. The summed E-state index contributed by atoms with van der Waals surface area (Å²) in [5.74, 6) is -0.193. The number of anilines is 1. The first kappa shape index (κ1) is 19.3. The Morgan fingerprint density at radius 3 is 2.70 bits per heavy atom. The van der Waals surface area contributed by atoms with Crippen molar-refractivity contribution >= 4 is 17.6 Å². The van der Waals surface area contributed by atoms with Gasteiger partial charge in [0.15, 0.2) is 0 Å². The first-order valence-corrected chi connectivity index (χ1v) is 9.00. The van der Waals surface area contributed by atoms with E-state index in [0.29, 0.717) is 45.1 Å². The van der Waals surface area contributed by atoms with Crippen LogP contribution in [0.5, 0.6) is 5.75 Å². The molecule has 3 amide bonds. The van der Waals surface area contributed by atoms with Gasteiger partial charge in [0.2, 0.25) is 5.91 Å². The summed E-state index contributed by atoms with van der Waals surface area (Å²) >= 11 is 0. The highest BCUT2D eigenvalue weighted by Gasteiger charge is 2.31. The number of carbonyl (C=O) groups is 2. The summed E-state index contributed by atoms with van der Waals surface area (Å²) in [6, 6.07) is 5.48. The van der Waals surface area contributed by atoms with Gasteiger partial charge in [-0.1, -0.05) is 6.07 Å². The fourth-order valence-corrected chi connectivity index (χ4v) is 3.36. The summed E-state index contributed by atoms with van der Waals surface area (Å²) in [6.07, 6.45) is 1.49. The van der Waals surface area contributed by atoms with Crippen molar-refractivity contribution in [3.8, 4) is 5.75 Å². The number of morpholine rings is 1. The molecule has 2 saturated heterocycles. The Morgan fingerprint density at radius 1 is 1.19 bits per heavy atom. The second-order valence-corrected chi connectivity index (χ2v) is 6.56. The van der Waals surface area contributed by atoms with Crippen LogP contribution in [0.4, 0.5) is 19.3 Å². The Bertz CT molecular complexity index is 668. The van der Waals surface area contributed by atoms with Crippen LogP contribution in [-0.4, -0.2) is 67.7 Å². The van der Waals surface area contributed by atoms with E-state index >= 15 is 0 Å². The summed E-state index contributed by atoms with van der Waals surface area (Å²) in [5.41, 5.74) is 0.361. The molecule has 9 heteroatoms. The van der Waals surface area contributed by atoms with Crippen LogP contribution in [0.25, 0.3) is 0 Å². The molecule has 7 nitrogen and oxygen atoms in total. The van der Waals surface area contributed by atoms with Crippen LogP contribution >= 0.6 is 0 Å². The van der Waals surface area contributed by atoms with E-state index in [-0.39, 0.29) is 23.6 Å². The third-order valence-corrected chi connectivity index (χ3v) is 4.69. The van der Waals surface area contributed by atoms with Crippen LogP contribution < -0.4 is 10.1 Å². The molecule has 0 aliphatic carbocycles. The number of ether oxygens (including phenoxy) is 2. The van der Waals surface area contributed by atoms with Crippen LogP contribution in [0.1, 0.15) is 12.8 Å². The molecule has 0 unspecified atom stereocenters. The van der Waals surface area contributed by atoms with Gasteiger partial charge in [-0.2, -0.15) is 8.78 Å². The quantitative estimate of drug-likeness (QED) is 0.867. The molecule has 1 aromatic rings. The Labute approximate surface area is 156 Å². The van der Waals surface area contributed by atoms with E-state index < -0.39 is 6.61 Å². The Hall–Kier alpha value is -2.42. The van der Waals surface area contributed by atoms with Gasteiger partial charge in [0.1, 0.15) is 5.75 Å². The lowest BCUT2D eigenvalue weighted by atomic mass is 9.96. The average Bonchev–Trinajstić information content (AvgIpc) is 2.68.